The molecule has 0 radical (unpaired) electrons. The van der Waals surface area contributed by atoms with Crippen LogP contribution in [-0.2, 0) is 4.79 Å². The van der Waals surface area contributed by atoms with E-state index < -0.39 is 0 Å². The van der Waals surface area contributed by atoms with Gasteiger partial charge in [0.2, 0.25) is 5.91 Å². The number of carbonyl (C=O) groups is 1. The number of aryl methyl sites for hydroxylation is 1. The molecule has 1 aliphatic rings. The van der Waals surface area contributed by atoms with Crippen LogP contribution in [0.15, 0.2) is 29.4 Å². The molecule has 0 bridgehead atoms. The van der Waals surface area contributed by atoms with Gasteiger partial charge in [-0.05, 0) is 69.5 Å². The summed E-state index contributed by atoms with van der Waals surface area (Å²) in [5.74, 6) is 2.74. The van der Waals surface area contributed by atoms with E-state index in [2.05, 4.69) is 27.3 Å². The van der Waals surface area contributed by atoms with E-state index in [1.54, 1.807) is 7.11 Å². The van der Waals surface area contributed by atoms with E-state index in [1.165, 1.54) is 37.7 Å². The van der Waals surface area contributed by atoms with Crippen molar-refractivity contribution in [1.82, 2.24) is 25.0 Å². The summed E-state index contributed by atoms with van der Waals surface area (Å²) in [6.07, 6.45) is 3.62. The van der Waals surface area contributed by atoms with Crippen molar-refractivity contribution < 1.29 is 9.53 Å². The summed E-state index contributed by atoms with van der Waals surface area (Å²) >= 11 is 1.40. The molecule has 1 aromatic carbocycles. The monoisotopic (exact) mass is 417 g/mol. The number of carbonyl (C=O) groups excluding carboxylic acids is 1. The molecule has 3 rings (SSSR count). The largest absolute Gasteiger partial charge is 0.497 e. The Balaban J connectivity index is 1.44. The van der Waals surface area contributed by atoms with E-state index in [-0.39, 0.29) is 5.91 Å². The molecule has 1 aliphatic heterocycles. The Kier molecular flexibility index (Phi) is 7.94. The van der Waals surface area contributed by atoms with Gasteiger partial charge in [0.05, 0.1) is 12.9 Å². The summed E-state index contributed by atoms with van der Waals surface area (Å²) in [7, 11) is 1.64. The van der Waals surface area contributed by atoms with Gasteiger partial charge >= 0.3 is 0 Å². The number of ether oxygens (including phenoxy) is 1. The Labute approximate surface area is 177 Å². The van der Waals surface area contributed by atoms with E-state index in [4.69, 9.17) is 4.74 Å². The highest BCUT2D eigenvalue weighted by atomic mass is 32.2. The van der Waals surface area contributed by atoms with E-state index in [0.29, 0.717) is 17.5 Å². The number of rotatable bonds is 9. The lowest BCUT2D eigenvalue weighted by Crippen LogP contribution is -2.36. The van der Waals surface area contributed by atoms with Crippen molar-refractivity contribution in [2.24, 2.45) is 5.92 Å². The Bertz CT molecular complexity index is 793. The molecular weight excluding hydrogens is 386 g/mol. The number of methoxy groups -OCH3 is 1. The van der Waals surface area contributed by atoms with Gasteiger partial charge < -0.3 is 15.0 Å². The first-order chi connectivity index (χ1) is 14.1. The van der Waals surface area contributed by atoms with E-state index in [1.807, 2.05) is 35.8 Å². The second-order valence-corrected chi connectivity index (χ2v) is 8.55. The van der Waals surface area contributed by atoms with Gasteiger partial charge in [0.25, 0.3) is 0 Å². The fraction of sp³-hybridized carbons (Fsp3) is 0.571. The predicted molar refractivity (Wildman–Crippen MR) is 116 cm³/mol. The number of aromatic nitrogens is 3. The predicted octanol–water partition coefficient (Wildman–Crippen LogP) is 2.91. The minimum Gasteiger partial charge on any atom is -0.497 e. The zero-order valence-corrected chi connectivity index (χ0v) is 18.4. The number of thioether (sulfide) groups is 1. The van der Waals surface area contributed by atoms with Crippen LogP contribution in [-0.4, -0.2) is 64.6 Å². The quantitative estimate of drug-likeness (QED) is 0.500. The van der Waals surface area contributed by atoms with Gasteiger partial charge in [0.15, 0.2) is 5.16 Å². The van der Waals surface area contributed by atoms with Gasteiger partial charge in [-0.1, -0.05) is 18.7 Å². The van der Waals surface area contributed by atoms with E-state index in [0.717, 1.165) is 36.1 Å². The molecule has 1 fully saturated rings. The highest BCUT2D eigenvalue weighted by Gasteiger charge is 2.16. The van der Waals surface area contributed by atoms with Crippen LogP contribution in [0.3, 0.4) is 0 Å². The first-order valence-corrected chi connectivity index (χ1v) is 11.2. The molecule has 1 unspecified atom stereocenters. The summed E-state index contributed by atoms with van der Waals surface area (Å²) in [6, 6.07) is 7.72. The van der Waals surface area contributed by atoms with Gasteiger partial charge in [0, 0.05) is 18.8 Å². The van der Waals surface area contributed by atoms with Gasteiger partial charge in [-0.25, -0.2) is 0 Å². The maximum atomic E-state index is 12.2. The lowest BCUT2D eigenvalue weighted by Gasteiger charge is -2.30. The zero-order valence-electron chi connectivity index (χ0n) is 17.6. The summed E-state index contributed by atoms with van der Waals surface area (Å²) in [5, 5.41) is 12.1. The van der Waals surface area contributed by atoms with Crippen LogP contribution in [0.5, 0.6) is 5.75 Å². The first-order valence-electron chi connectivity index (χ1n) is 10.2. The van der Waals surface area contributed by atoms with Crippen molar-refractivity contribution in [2.75, 3.05) is 39.0 Å². The third-order valence-electron chi connectivity index (χ3n) is 5.17. The third-order valence-corrected chi connectivity index (χ3v) is 6.10. The molecule has 1 aromatic heterocycles. The highest BCUT2D eigenvalue weighted by Crippen LogP contribution is 2.23. The number of hydrogen-bond donors (Lipinski definition) is 1. The van der Waals surface area contributed by atoms with Crippen molar-refractivity contribution >= 4 is 17.7 Å². The minimum atomic E-state index is 0.0314. The number of likely N-dealkylation sites (tertiary alicyclic amines) is 1. The summed E-state index contributed by atoms with van der Waals surface area (Å²) in [5.41, 5.74) is 0.951. The van der Waals surface area contributed by atoms with Gasteiger partial charge in [-0.3, -0.25) is 9.36 Å². The van der Waals surface area contributed by atoms with Gasteiger partial charge in [-0.2, -0.15) is 0 Å². The molecule has 0 saturated carbocycles. The number of amides is 1. The van der Waals surface area contributed by atoms with Crippen LogP contribution in [0.4, 0.5) is 0 Å². The summed E-state index contributed by atoms with van der Waals surface area (Å²) < 4.78 is 7.17. The Morgan fingerprint density at radius 3 is 2.83 bits per heavy atom. The molecule has 1 saturated heterocycles. The summed E-state index contributed by atoms with van der Waals surface area (Å²) in [6.45, 7) is 8.37. The van der Waals surface area contributed by atoms with Crippen molar-refractivity contribution in [3.05, 3.63) is 30.1 Å². The average molecular weight is 418 g/mol. The molecule has 2 aromatic rings. The van der Waals surface area contributed by atoms with Crippen LogP contribution in [0.1, 0.15) is 32.0 Å². The molecule has 8 heteroatoms. The summed E-state index contributed by atoms with van der Waals surface area (Å²) in [4.78, 5) is 14.7. The van der Waals surface area contributed by atoms with Crippen molar-refractivity contribution in [3.63, 3.8) is 0 Å². The Hall–Kier alpha value is -2.06. The second kappa shape index (κ2) is 10.6. The normalized spacial score (nSPS) is 17.3. The molecule has 1 atom stereocenters. The van der Waals surface area contributed by atoms with E-state index >= 15 is 0 Å². The van der Waals surface area contributed by atoms with Gasteiger partial charge in [-0.15, -0.1) is 10.2 Å². The van der Waals surface area contributed by atoms with Crippen LogP contribution < -0.4 is 10.1 Å². The lowest BCUT2D eigenvalue weighted by molar-refractivity contribution is -0.118. The molecule has 1 amide bonds. The first kappa shape index (κ1) is 21.6. The van der Waals surface area contributed by atoms with Crippen molar-refractivity contribution in [3.8, 4) is 11.4 Å². The fourth-order valence-electron chi connectivity index (χ4n) is 3.67. The van der Waals surface area contributed by atoms with E-state index in [9.17, 15) is 4.79 Å². The second-order valence-electron chi connectivity index (χ2n) is 7.60. The van der Waals surface area contributed by atoms with Crippen LogP contribution in [0, 0.1) is 12.8 Å². The fourth-order valence-corrected chi connectivity index (χ4v) is 4.49. The minimum absolute atomic E-state index is 0.0314. The maximum absolute atomic E-state index is 12.2. The molecule has 0 aliphatic carbocycles. The zero-order chi connectivity index (χ0) is 20.6. The number of benzene rings is 1. The smallest absolute Gasteiger partial charge is 0.230 e. The Morgan fingerprint density at radius 1 is 1.31 bits per heavy atom. The molecule has 1 N–H and O–H groups in total. The Morgan fingerprint density at radius 2 is 2.10 bits per heavy atom. The lowest BCUT2D eigenvalue weighted by atomic mass is 10.0. The van der Waals surface area contributed by atoms with Crippen LogP contribution in [0.2, 0.25) is 0 Å². The van der Waals surface area contributed by atoms with Gasteiger partial charge in [0.1, 0.15) is 11.6 Å². The number of nitrogens with one attached hydrogen (secondary N) is 1. The van der Waals surface area contributed by atoms with Crippen LogP contribution >= 0.6 is 11.8 Å². The SMILES string of the molecule is COc1ccc(-n2c(C)nnc2SCC(=O)NCCCN2CCCC(C)C2)cc1. The molecule has 158 valence electrons. The highest BCUT2D eigenvalue weighted by molar-refractivity contribution is 7.99. The van der Waals surface area contributed by atoms with Crippen molar-refractivity contribution in [1.29, 1.82) is 0 Å². The molecule has 7 nitrogen and oxygen atoms in total. The van der Waals surface area contributed by atoms with Crippen molar-refractivity contribution in [2.45, 2.75) is 38.3 Å². The third kappa shape index (κ3) is 6.21. The molecule has 29 heavy (non-hydrogen) atoms. The molecule has 0 spiro atoms. The maximum Gasteiger partial charge on any atom is 0.230 e. The molecular formula is C21H31N5O2S. The standard InChI is InChI=1S/C21H31N5O2S/c1-16-6-4-12-25(14-16)13-5-11-22-20(27)15-29-21-24-23-17(2)26(21)18-7-9-19(28-3)10-8-18/h7-10,16H,4-6,11-15H2,1-3H3,(H,22,27). The molecule has 2 heterocycles. The number of nitrogens with zero attached hydrogens (tertiary/aromatic N) is 4. The number of hydrogen-bond acceptors (Lipinski definition) is 6. The van der Waals surface area contributed by atoms with Crippen LogP contribution in [0.25, 0.3) is 5.69 Å². The average Bonchev–Trinajstić information content (AvgIpc) is 3.10. The number of piperidine rings is 1. The topological polar surface area (TPSA) is 72.3 Å².